The normalized spacial score (nSPS) is 32.2. The molecule has 25 heavy (non-hydrogen) atoms. The molecule has 136 valence electrons. The molecule has 0 bridgehead atoms. The molecule has 2 aliphatic rings. The van der Waals surface area contributed by atoms with Crippen LogP contribution in [0.5, 0.6) is 0 Å². The van der Waals surface area contributed by atoms with Crippen LogP contribution in [0.25, 0.3) is 11.2 Å². The van der Waals surface area contributed by atoms with Crippen LogP contribution >= 0.6 is 15.9 Å². The van der Waals surface area contributed by atoms with Gasteiger partial charge < -0.3 is 24.7 Å². The molecule has 2 aromatic rings. The molecule has 2 aromatic heterocycles. The maximum atomic E-state index is 6.49. The Bertz CT molecular complexity index is 783. The van der Waals surface area contributed by atoms with Gasteiger partial charge in [-0.15, -0.1) is 0 Å². The van der Waals surface area contributed by atoms with Gasteiger partial charge in [0.15, 0.2) is 27.9 Å². The molecule has 2 N–H and O–H groups in total. The summed E-state index contributed by atoms with van der Waals surface area (Å²) in [6.07, 6.45) is 2.11. The molecular formula is C15H20BrN5O4. The minimum atomic E-state index is -0.563. The van der Waals surface area contributed by atoms with Crippen molar-refractivity contribution in [3.05, 3.63) is 11.1 Å². The second kappa shape index (κ2) is 6.44. The van der Waals surface area contributed by atoms with E-state index in [1.165, 1.54) is 6.33 Å². The fourth-order valence-corrected chi connectivity index (χ4v) is 4.40. The fraction of sp³-hybridized carbons (Fsp3) is 0.667. The Balaban J connectivity index is 1.82. The van der Waals surface area contributed by atoms with Crippen molar-refractivity contribution in [2.75, 3.05) is 33.2 Å². The molecule has 0 saturated carbocycles. The van der Waals surface area contributed by atoms with Crippen molar-refractivity contribution < 1.29 is 18.9 Å². The Labute approximate surface area is 152 Å². The van der Waals surface area contributed by atoms with E-state index in [2.05, 4.69) is 30.9 Å². The van der Waals surface area contributed by atoms with Crippen LogP contribution in [0.1, 0.15) is 19.1 Å². The summed E-state index contributed by atoms with van der Waals surface area (Å²) in [5, 5.41) is 0. The maximum absolute atomic E-state index is 6.49. The van der Waals surface area contributed by atoms with Gasteiger partial charge in [-0.05, 0) is 28.8 Å². The molecule has 0 amide bonds. The van der Waals surface area contributed by atoms with Gasteiger partial charge in [0.25, 0.3) is 0 Å². The lowest BCUT2D eigenvalue weighted by Gasteiger charge is -2.37. The smallest absolute Gasteiger partial charge is 0.181 e. The van der Waals surface area contributed by atoms with Crippen LogP contribution in [0.3, 0.4) is 0 Å². The summed E-state index contributed by atoms with van der Waals surface area (Å²) in [4.78, 5) is 12.8. The molecule has 2 aliphatic heterocycles. The molecule has 10 heteroatoms. The Morgan fingerprint density at radius 3 is 3.04 bits per heavy atom. The molecule has 1 unspecified atom stereocenters. The second-order valence-corrected chi connectivity index (χ2v) is 6.99. The predicted octanol–water partition coefficient (Wildman–Crippen LogP) is 1.28. The lowest BCUT2D eigenvalue weighted by Crippen LogP contribution is -2.51. The number of ether oxygens (including phenoxy) is 4. The van der Waals surface area contributed by atoms with Crippen molar-refractivity contribution in [2.24, 2.45) is 0 Å². The molecule has 9 nitrogen and oxygen atoms in total. The number of aromatic nitrogens is 4. The van der Waals surface area contributed by atoms with Crippen molar-refractivity contribution in [1.82, 2.24) is 19.5 Å². The van der Waals surface area contributed by atoms with Gasteiger partial charge in [-0.1, -0.05) is 0 Å². The number of nitrogens with zero attached hydrogens (tertiary/aromatic N) is 4. The van der Waals surface area contributed by atoms with Crippen LogP contribution in [-0.2, 0) is 18.9 Å². The lowest BCUT2D eigenvalue weighted by molar-refractivity contribution is -0.171. The van der Waals surface area contributed by atoms with Crippen LogP contribution in [0.2, 0.25) is 0 Å². The second-order valence-electron chi connectivity index (χ2n) is 6.28. The Kier molecular flexibility index (Phi) is 4.40. The van der Waals surface area contributed by atoms with E-state index < -0.39 is 11.8 Å². The number of fused-ring (bicyclic) bond motifs is 2. The largest absolute Gasteiger partial charge is 0.382 e. The van der Waals surface area contributed by atoms with E-state index in [0.717, 1.165) is 12.8 Å². The predicted molar refractivity (Wildman–Crippen MR) is 91.9 cm³/mol. The highest BCUT2D eigenvalue weighted by Crippen LogP contribution is 2.47. The van der Waals surface area contributed by atoms with E-state index in [1.807, 2.05) is 4.57 Å². The molecule has 4 atom stereocenters. The summed E-state index contributed by atoms with van der Waals surface area (Å²) in [6.45, 7) is 1.10. The van der Waals surface area contributed by atoms with Crippen LogP contribution in [0, 0.1) is 0 Å². The minimum absolute atomic E-state index is 0.236. The summed E-state index contributed by atoms with van der Waals surface area (Å²) in [5.74, 6) is 0.316. The van der Waals surface area contributed by atoms with Crippen molar-refractivity contribution in [1.29, 1.82) is 0 Å². The third-order valence-corrected chi connectivity index (χ3v) is 5.43. The third kappa shape index (κ3) is 2.55. The van der Waals surface area contributed by atoms with E-state index in [-0.39, 0.29) is 12.2 Å². The van der Waals surface area contributed by atoms with Gasteiger partial charge in [-0.3, -0.25) is 4.57 Å². The minimum Gasteiger partial charge on any atom is -0.382 e. The molecule has 0 radical (unpaired) electrons. The molecule has 2 fully saturated rings. The Morgan fingerprint density at radius 2 is 2.28 bits per heavy atom. The van der Waals surface area contributed by atoms with Crippen molar-refractivity contribution >= 4 is 32.9 Å². The molecule has 0 aromatic carbocycles. The fourth-order valence-electron chi connectivity index (χ4n) is 3.85. The van der Waals surface area contributed by atoms with Crippen LogP contribution < -0.4 is 5.73 Å². The van der Waals surface area contributed by atoms with Gasteiger partial charge >= 0.3 is 0 Å². The van der Waals surface area contributed by atoms with Gasteiger partial charge in [-0.2, -0.15) is 0 Å². The average molecular weight is 414 g/mol. The molecule has 4 heterocycles. The number of methoxy groups -OCH3 is 2. The van der Waals surface area contributed by atoms with Crippen molar-refractivity contribution in [3.63, 3.8) is 0 Å². The SMILES string of the molecule is COC[C@]12CCCOC1[C@H](OC)[C@H](n1c(Br)nc3c(N)ncnc31)O2. The first kappa shape index (κ1) is 17.1. The van der Waals surface area contributed by atoms with E-state index in [1.54, 1.807) is 14.2 Å². The monoisotopic (exact) mass is 413 g/mol. The van der Waals surface area contributed by atoms with Crippen LogP contribution in [0.4, 0.5) is 5.82 Å². The maximum Gasteiger partial charge on any atom is 0.181 e. The van der Waals surface area contributed by atoms with Gasteiger partial charge in [0.2, 0.25) is 0 Å². The van der Waals surface area contributed by atoms with E-state index in [9.17, 15) is 0 Å². The average Bonchev–Trinajstić information content (AvgIpc) is 3.10. The molecule has 0 aliphatic carbocycles. The summed E-state index contributed by atoms with van der Waals surface area (Å²) >= 11 is 3.49. The highest BCUT2D eigenvalue weighted by atomic mass is 79.9. The van der Waals surface area contributed by atoms with Gasteiger partial charge in [0.05, 0.1) is 6.61 Å². The van der Waals surface area contributed by atoms with Crippen LogP contribution in [0.15, 0.2) is 11.1 Å². The van der Waals surface area contributed by atoms with Gasteiger partial charge in [0.1, 0.15) is 24.1 Å². The summed E-state index contributed by atoms with van der Waals surface area (Å²) in [6, 6.07) is 0. The molecule has 2 saturated heterocycles. The number of hydrogen-bond donors (Lipinski definition) is 1. The zero-order chi connectivity index (χ0) is 17.6. The zero-order valence-electron chi connectivity index (χ0n) is 14.0. The summed E-state index contributed by atoms with van der Waals surface area (Å²) in [5.41, 5.74) is 6.47. The van der Waals surface area contributed by atoms with Crippen molar-refractivity contribution in [3.8, 4) is 0 Å². The first-order chi connectivity index (χ1) is 12.1. The molecule has 0 spiro atoms. The first-order valence-corrected chi connectivity index (χ1v) is 8.85. The number of rotatable bonds is 4. The summed E-state index contributed by atoms with van der Waals surface area (Å²) in [7, 11) is 3.31. The quantitative estimate of drug-likeness (QED) is 0.746. The number of hydrogen-bond acceptors (Lipinski definition) is 8. The zero-order valence-corrected chi connectivity index (χ0v) is 15.6. The molecule has 4 rings (SSSR count). The Morgan fingerprint density at radius 1 is 1.44 bits per heavy atom. The van der Waals surface area contributed by atoms with Crippen molar-refractivity contribution in [2.45, 2.75) is 36.9 Å². The van der Waals surface area contributed by atoms with Crippen LogP contribution in [-0.4, -0.2) is 64.8 Å². The summed E-state index contributed by atoms with van der Waals surface area (Å²) < 4.78 is 26.1. The highest BCUT2D eigenvalue weighted by molar-refractivity contribution is 9.10. The van der Waals surface area contributed by atoms with E-state index in [4.69, 9.17) is 24.7 Å². The number of nitrogen functional groups attached to an aromatic ring is 1. The number of halogens is 1. The van der Waals surface area contributed by atoms with Gasteiger partial charge in [0, 0.05) is 20.8 Å². The standard InChI is InChI=1S/C15H20BrN5O4/c1-22-6-15-4-3-5-24-10(15)9(23-2)13(25-15)21-12-8(20-14(21)16)11(17)18-7-19-12/h7,9-10,13H,3-6H2,1-2H3,(H2,17,18,19)/t9-,10?,13+,15+/m0/s1. The van der Waals surface area contributed by atoms with E-state index >= 15 is 0 Å². The van der Waals surface area contributed by atoms with Gasteiger partial charge in [-0.25, -0.2) is 15.0 Å². The lowest BCUT2D eigenvalue weighted by atomic mass is 9.88. The third-order valence-electron chi connectivity index (χ3n) is 4.87. The highest BCUT2D eigenvalue weighted by Gasteiger charge is 2.58. The molecular weight excluding hydrogens is 394 g/mol. The number of nitrogens with two attached hydrogens (primary N) is 1. The van der Waals surface area contributed by atoms with E-state index in [0.29, 0.717) is 34.9 Å². The number of anilines is 1. The topological polar surface area (TPSA) is 107 Å². The number of imidazole rings is 1. The first-order valence-electron chi connectivity index (χ1n) is 8.06. The Hall–Kier alpha value is -1.33.